The summed E-state index contributed by atoms with van der Waals surface area (Å²) in [7, 11) is 3.83. The fourth-order valence-electron chi connectivity index (χ4n) is 10.2. The summed E-state index contributed by atoms with van der Waals surface area (Å²) in [5.74, 6) is -3.32. The molecule has 61 heavy (non-hydrogen) atoms. The van der Waals surface area contributed by atoms with E-state index >= 15 is 0 Å². The molecule has 16 heteroatoms. The molecule has 0 aliphatic carbocycles. The van der Waals surface area contributed by atoms with Crippen LogP contribution in [0.4, 0.5) is 4.79 Å². The molecule has 2 aromatic heterocycles. The van der Waals surface area contributed by atoms with E-state index in [1.807, 2.05) is 78.9 Å². The van der Waals surface area contributed by atoms with Gasteiger partial charge in [0.2, 0.25) is 0 Å². The Labute approximate surface area is 360 Å². The minimum atomic E-state index is -1.35. The molecule has 0 radical (unpaired) electrons. The van der Waals surface area contributed by atoms with Gasteiger partial charge >= 0.3 is 12.1 Å². The zero-order valence-electron chi connectivity index (χ0n) is 37.7. The van der Waals surface area contributed by atoms with Crippen molar-refractivity contribution < 1.29 is 47.9 Å². The summed E-state index contributed by atoms with van der Waals surface area (Å²) in [6.45, 7) is 20.2. The number of aromatic nitrogens is 4. The van der Waals surface area contributed by atoms with Gasteiger partial charge in [-0.2, -0.15) is 0 Å². The average molecular weight is 853 g/mol. The Hall–Kier alpha value is -3.80. The number of ether oxygens (including phenoxy) is 6. The number of amides is 1. The molecule has 2 bridgehead atoms. The van der Waals surface area contributed by atoms with Crippen LogP contribution in [0.3, 0.4) is 0 Å². The molecule has 4 aliphatic rings. The van der Waals surface area contributed by atoms with E-state index in [2.05, 4.69) is 21.9 Å². The first-order valence-electron chi connectivity index (χ1n) is 22.0. The first kappa shape index (κ1) is 46.7. The Morgan fingerprint density at radius 1 is 1.05 bits per heavy atom. The number of unbranched alkanes of at least 4 members (excludes halogenated alkanes) is 1. The van der Waals surface area contributed by atoms with Gasteiger partial charge in [-0.1, -0.05) is 39.5 Å². The van der Waals surface area contributed by atoms with Gasteiger partial charge in [-0.3, -0.25) is 19.3 Å². The molecule has 338 valence electrons. The number of carbonyl (C=O) groups excluding carboxylic acids is 3. The fraction of sp³-hybridized carbons (Fsp3) is 0.733. The standard InChI is InChI=1S/C45H68N6O10/c1-12-35-45(9)39(51(43(55)61-45)19-14-13-18-50-23-33(47-48-50)32-16-15-17-46-22-32)29(5)36(52)27(3)21-44(8)40(60-42-37(53)34(49(10)11)20-28(4)58-42)30(6)38(31(7)41(54)59-35)56-24-26(2)25-57-44/h15-17,22-23,27-31,34-35,37-40,42,53H,2,12-14,18-21,24-25H2,1,3-11H3/t27-,28-,29+,30+,31-,34+,35-,37-,38-,39-,40-,42+,44+,45+/m1/s1. The highest BCUT2D eigenvalue weighted by Gasteiger charge is 2.60. The van der Waals surface area contributed by atoms with Crippen LogP contribution in [0.2, 0.25) is 0 Å². The highest BCUT2D eigenvalue weighted by molar-refractivity contribution is 5.85. The Kier molecular flexibility index (Phi) is 14.8. The number of rotatable bonds is 10. The number of aliphatic hydroxyl groups is 1. The van der Waals surface area contributed by atoms with Crippen LogP contribution in [0, 0.1) is 23.7 Å². The molecule has 2 aromatic rings. The third-order valence-electron chi connectivity index (χ3n) is 13.5. The molecule has 0 unspecified atom stereocenters. The maximum atomic E-state index is 15.0. The van der Waals surface area contributed by atoms with Gasteiger partial charge in [-0.05, 0) is 91.6 Å². The number of hydrogen-bond acceptors (Lipinski definition) is 14. The number of aryl methyl sites for hydroxylation is 1. The van der Waals surface area contributed by atoms with Crippen molar-refractivity contribution in [3.8, 4) is 11.3 Å². The zero-order valence-corrected chi connectivity index (χ0v) is 37.7. The van der Waals surface area contributed by atoms with E-state index in [0.29, 0.717) is 50.0 Å². The summed E-state index contributed by atoms with van der Waals surface area (Å²) >= 11 is 0. The molecule has 14 atom stereocenters. The number of pyridine rings is 1. The van der Waals surface area contributed by atoms with Gasteiger partial charge in [0.1, 0.15) is 23.7 Å². The van der Waals surface area contributed by atoms with Crippen molar-refractivity contribution in [3.63, 3.8) is 0 Å². The quantitative estimate of drug-likeness (QED) is 0.190. The van der Waals surface area contributed by atoms with E-state index in [1.165, 1.54) is 0 Å². The number of nitrogens with zero attached hydrogens (tertiary/aromatic N) is 6. The second kappa shape index (κ2) is 19.3. The summed E-state index contributed by atoms with van der Waals surface area (Å²) in [6, 6.07) is 2.77. The topological polar surface area (TPSA) is 177 Å². The molecule has 0 aromatic carbocycles. The largest absolute Gasteiger partial charge is 0.458 e. The van der Waals surface area contributed by atoms with Crippen LogP contribution in [-0.2, 0) is 44.6 Å². The molecule has 1 amide bonds. The van der Waals surface area contributed by atoms with Crippen LogP contribution < -0.4 is 0 Å². The van der Waals surface area contributed by atoms with Crippen LogP contribution in [0.25, 0.3) is 11.3 Å². The molecule has 0 spiro atoms. The van der Waals surface area contributed by atoms with Crippen molar-refractivity contribution >= 4 is 17.8 Å². The van der Waals surface area contributed by atoms with Gasteiger partial charge in [0.25, 0.3) is 0 Å². The third-order valence-corrected chi connectivity index (χ3v) is 13.5. The van der Waals surface area contributed by atoms with Crippen molar-refractivity contribution in [1.82, 2.24) is 29.8 Å². The van der Waals surface area contributed by atoms with Gasteiger partial charge < -0.3 is 43.3 Å². The SMILES string of the molecule is C=C1CO[C@@H]2[C@H](C)[C@@H](O[C@@H]3O[C@H](C)C[C@H](N(C)C)[C@H]3O)[C@](C)(C[C@@H](C)C(=O)[C@H](C)[C@H]3N(CCCCn4cc(-c5cccnc5)nn4)C(=O)O[C@@]3(C)[C@@H](CC)OC(=O)[C@@H]2C)OC1. The van der Waals surface area contributed by atoms with Gasteiger partial charge in [0.05, 0.1) is 55.3 Å². The van der Waals surface area contributed by atoms with E-state index in [1.54, 1.807) is 35.8 Å². The number of esters is 1. The van der Waals surface area contributed by atoms with Crippen LogP contribution in [0.1, 0.15) is 87.5 Å². The molecule has 0 saturated carbocycles. The Balaban J connectivity index is 1.32. The van der Waals surface area contributed by atoms with Gasteiger partial charge in [-0.25, -0.2) is 4.79 Å². The van der Waals surface area contributed by atoms with Crippen LogP contribution in [-0.4, -0.2) is 147 Å². The van der Waals surface area contributed by atoms with Crippen molar-refractivity contribution in [3.05, 3.63) is 42.9 Å². The molecule has 16 nitrogen and oxygen atoms in total. The lowest BCUT2D eigenvalue weighted by Gasteiger charge is -2.48. The maximum Gasteiger partial charge on any atom is 0.410 e. The number of likely N-dealkylation sites (N-methyl/N-ethyl adjacent to an activating group) is 1. The monoisotopic (exact) mass is 852 g/mol. The van der Waals surface area contributed by atoms with Crippen molar-refractivity contribution in [2.45, 2.75) is 154 Å². The highest BCUT2D eigenvalue weighted by atomic mass is 16.7. The lowest BCUT2D eigenvalue weighted by Crippen LogP contribution is -2.61. The minimum absolute atomic E-state index is 0.102. The Morgan fingerprint density at radius 2 is 1.79 bits per heavy atom. The molecule has 4 aliphatic heterocycles. The van der Waals surface area contributed by atoms with Crippen LogP contribution >= 0.6 is 0 Å². The van der Waals surface area contributed by atoms with E-state index < -0.39 is 83.7 Å². The number of aliphatic hydroxyl groups excluding tert-OH is 1. The number of fused-ring (bicyclic) bond motifs is 4. The first-order valence-corrected chi connectivity index (χ1v) is 22.0. The van der Waals surface area contributed by atoms with Crippen molar-refractivity contribution in [2.75, 3.05) is 33.9 Å². The normalized spacial score (nSPS) is 38.0. The molecule has 4 saturated heterocycles. The summed E-state index contributed by atoms with van der Waals surface area (Å²) in [6.07, 6.45) is 2.43. The molecule has 6 rings (SSSR count). The lowest BCUT2D eigenvalue weighted by atomic mass is 9.73. The van der Waals surface area contributed by atoms with Gasteiger partial charge in [-0.15, -0.1) is 5.10 Å². The van der Waals surface area contributed by atoms with Crippen LogP contribution in [0.5, 0.6) is 0 Å². The number of cyclic esters (lactones) is 1. The van der Waals surface area contributed by atoms with E-state index in [9.17, 15) is 19.5 Å². The number of carbonyl (C=O) groups is 3. The number of hydrogen-bond donors (Lipinski definition) is 1. The molecule has 4 fully saturated rings. The second-order valence-electron chi connectivity index (χ2n) is 18.5. The van der Waals surface area contributed by atoms with Gasteiger partial charge in [0.15, 0.2) is 11.9 Å². The van der Waals surface area contributed by atoms with E-state index in [4.69, 9.17) is 28.4 Å². The average Bonchev–Trinajstić information content (AvgIpc) is 3.81. The zero-order chi connectivity index (χ0) is 44.4. The predicted octanol–water partition coefficient (Wildman–Crippen LogP) is 5.08. The molecular weight excluding hydrogens is 785 g/mol. The summed E-state index contributed by atoms with van der Waals surface area (Å²) in [5.41, 5.74) is -0.276. The lowest BCUT2D eigenvalue weighted by molar-refractivity contribution is -0.302. The van der Waals surface area contributed by atoms with Gasteiger partial charge in [0, 0.05) is 54.8 Å². The summed E-state index contributed by atoms with van der Waals surface area (Å²) in [4.78, 5) is 51.2. The maximum absolute atomic E-state index is 15.0. The fourth-order valence-corrected chi connectivity index (χ4v) is 10.2. The summed E-state index contributed by atoms with van der Waals surface area (Å²) in [5, 5.41) is 20.2. The Morgan fingerprint density at radius 3 is 2.48 bits per heavy atom. The minimum Gasteiger partial charge on any atom is -0.458 e. The number of Topliss-reactive ketones (excluding diaryl/α,β-unsaturated/α-hetero) is 1. The Bertz CT molecular complexity index is 1850. The number of ketones is 1. The predicted molar refractivity (Wildman–Crippen MR) is 225 cm³/mol. The third kappa shape index (κ3) is 9.89. The van der Waals surface area contributed by atoms with Crippen LogP contribution in [0.15, 0.2) is 42.9 Å². The smallest absolute Gasteiger partial charge is 0.410 e. The van der Waals surface area contributed by atoms with Crippen molar-refractivity contribution in [2.24, 2.45) is 23.7 Å². The van der Waals surface area contributed by atoms with Crippen molar-refractivity contribution in [1.29, 1.82) is 0 Å². The molecule has 1 N–H and O–H groups in total. The second-order valence-corrected chi connectivity index (χ2v) is 18.5. The molecular formula is C45H68N6O10. The highest BCUT2D eigenvalue weighted by Crippen LogP contribution is 2.44. The molecule has 6 heterocycles. The summed E-state index contributed by atoms with van der Waals surface area (Å²) < 4.78 is 40.9. The van der Waals surface area contributed by atoms with E-state index in [-0.39, 0.29) is 37.6 Å². The first-order chi connectivity index (χ1) is 28.9. The van der Waals surface area contributed by atoms with E-state index in [0.717, 1.165) is 5.56 Å².